The van der Waals surface area contributed by atoms with Gasteiger partial charge in [0.15, 0.2) is 0 Å². The maximum absolute atomic E-state index is 12.2. The van der Waals surface area contributed by atoms with Crippen LogP contribution in [0.2, 0.25) is 0 Å². The molecule has 1 saturated carbocycles. The van der Waals surface area contributed by atoms with E-state index in [-0.39, 0.29) is 10.9 Å². The van der Waals surface area contributed by atoms with E-state index in [0.717, 1.165) is 12.8 Å². The summed E-state index contributed by atoms with van der Waals surface area (Å²) in [5, 5.41) is 8.76. The molecule has 0 bridgehead atoms. The van der Waals surface area contributed by atoms with Crippen molar-refractivity contribution in [2.75, 3.05) is 0 Å². The van der Waals surface area contributed by atoms with Crippen LogP contribution in [0.5, 0.6) is 0 Å². The molecule has 0 saturated heterocycles. The summed E-state index contributed by atoms with van der Waals surface area (Å²) in [5.41, 5.74) is 1.08. The Hall–Kier alpha value is -1.38. The highest BCUT2D eigenvalue weighted by atomic mass is 32.2. The summed E-state index contributed by atoms with van der Waals surface area (Å²) in [7, 11) is -3.46. The molecule has 96 valence electrons. The maximum Gasteiger partial charge on any atom is 0.241 e. The Morgan fingerprint density at radius 1 is 1.39 bits per heavy atom. The molecule has 0 spiro atoms. The van der Waals surface area contributed by atoms with Gasteiger partial charge < -0.3 is 0 Å². The normalized spacial score (nSPS) is 23.2. The predicted octanol–water partition coefficient (Wildman–Crippen LogP) is 1.94. The summed E-state index contributed by atoms with van der Waals surface area (Å²) in [5.74, 6) is 0.597. The summed E-state index contributed by atoms with van der Waals surface area (Å²) in [6.45, 7) is 3.82. The van der Waals surface area contributed by atoms with Crippen LogP contribution < -0.4 is 4.72 Å². The summed E-state index contributed by atoms with van der Waals surface area (Å²) in [4.78, 5) is 0.265. The zero-order valence-electron chi connectivity index (χ0n) is 10.5. The molecule has 1 fully saturated rings. The highest BCUT2D eigenvalue weighted by Crippen LogP contribution is 2.28. The van der Waals surface area contributed by atoms with Crippen LogP contribution in [-0.2, 0) is 10.0 Å². The zero-order chi connectivity index (χ0) is 13.3. The van der Waals surface area contributed by atoms with E-state index in [1.54, 1.807) is 13.0 Å². The lowest BCUT2D eigenvalue weighted by Crippen LogP contribution is -2.43. The number of aryl methyl sites for hydroxylation is 1. The summed E-state index contributed by atoms with van der Waals surface area (Å²) >= 11 is 0. The second-order valence-electron chi connectivity index (χ2n) is 4.99. The van der Waals surface area contributed by atoms with E-state index in [1.807, 2.05) is 6.07 Å². The molecule has 0 atom stereocenters. The summed E-state index contributed by atoms with van der Waals surface area (Å²) < 4.78 is 27.0. The second kappa shape index (κ2) is 4.71. The molecule has 0 unspecified atom stereocenters. The van der Waals surface area contributed by atoms with Gasteiger partial charge >= 0.3 is 0 Å². The third kappa shape index (κ3) is 2.55. The summed E-state index contributed by atoms with van der Waals surface area (Å²) in [6, 6.07) is 6.68. The molecule has 1 aromatic rings. The van der Waals surface area contributed by atoms with Gasteiger partial charge in [-0.1, -0.05) is 6.92 Å². The number of sulfonamides is 1. The van der Waals surface area contributed by atoms with Crippen molar-refractivity contribution in [3.8, 4) is 6.07 Å². The molecule has 0 aliphatic heterocycles. The molecular formula is C13H16N2O2S. The minimum absolute atomic E-state index is 0.0556. The van der Waals surface area contributed by atoms with Crippen molar-refractivity contribution in [1.82, 2.24) is 4.72 Å². The first-order valence-electron chi connectivity index (χ1n) is 5.95. The number of benzene rings is 1. The first-order valence-corrected chi connectivity index (χ1v) is 7.44. The lowest BCUT2D eigenvalue weighted by Gasteiger charge is -2.33. The van der Waals surface area contributed by atoms with Crippen LogP contribution in [0.1, 0.15) is 30.9 Å². The third-order valence-electron chi connectivity index (χ3n) is 3.29. The smallest absolute Gasteiger partial charge is 0.208 e. The lowest BCUT2D eigenvalue weighted by molar-refractivity contribution is 0.270. The Morgan fingerprint density at radius 3 is 2.56 bits per heavy atom. The van der Waals surface area contributed by atoms with Gasteiger partial charge in [-0.2, -0.15) is 5.26 Å². The van der Waals surface area contributed by atoms with E-state index in [0.29, 0.717) is 17.0 Å². The van der Waals surface area contributed by atoms with Gasteiger partial charge in [-0.05, 0) is 49.4 Å². The van der Waals surface area contributed by atoms with Gasteiger partial charge in [-0.3, -0.25) is 0 Å². The maximum atomic E-state index is 12.2. The van der Waals surface area contributed by atoms with Gasteiger partial charge in [0, 0.05) is 6.04 Å². The van der Waals surface area contributed by atoms with Crippen molar-refractivity contribution in [2.24, 2.45) is 5.92 Å². The van der Waals surface area contributed by atoms with Crippen molar-refractivity contribution in [3.05, 3.63) is 29.3 Å². The third-order valence-corrected chi connectivity index (χ3v) is 4.97. The highest BCUT2D eigenvalue weighted by Gasteiger charge is 2.30. The van der Waals surface area contributed by atoms with Gasteiger partial charge in [0.1, 0.15) is 0 Å². The van der Waals surface area contributed by atoms with Crippen molar-refractivity contribution in [1.29, 1.82) is 5.26 Å². The van der Waals surface area contributed by atoms with E-state index in [4.69, 9.17) is 5.26 Å². The number of nitrogens with zero attached hydrogens (tertiary/aromatic N) is 1. The van der Waals surface area contributed by atoms with Crippen LogP contribution in [0.3, 0.4) is 0 Å². The molecule has 5 heteroatoms. The molecule has 1 aliphatic rings. The molecule has 0 radical (unpaired) electrons. The minimum Gasteiger partial charge on any atom is -0.208 e. The van der Waals surface area contributed by atoms with Crippen molar-refractivity contribution >= 4 is 10.0 Å². The van der Waals surface area contributed by atoms with Crippen LogP contribution in [0.25, 0.3) is 0 Å². The van der Waals surface area contributed by atoms with Gasteiger partial charge in [0.05, 0.1) is 16.5 Å². The van der Waals surface area contributed by atoms with Crippen LogP contribution in [-0.4, -0.2) is 14.5 Å². The number of nitrogens with one attached hydrogen (secondary N) is 1. The molecule has 4 nitrogen and oxygen atoms in total. The molecule has 1 aliphatic carbocycles. The Kier molecular flexibility index (Phi) is 3.42. The second-order valence-corrected chi connectivity index (χ2v) is 6.67. The molecule has 0 aromatic heterocycles. The van der Waals surface area contributed by atoms with E-state index in [1.165, 1.54) is 12.1 Å². The Bertz CT molecular complexity index is 596. The molecule has 1 aromatic carbocycles. The van der Waals surface area contributed by atoms with E-state index in [2.05, 4.69) is 11.6 Å². The molecule has 18 heavy (non-hydrogen) atoms. The van der Waals surface area contributed by atoms with Crippen LogP contribution in [0.15, 0.2) is 23.1 Å². The number of hydrogen-bond donors (Lipinski definition) is 1. The first-order chi connectivity index (χ1) is 8.42. The number of nitriles is 1. The SMILES string of the molecule is Cc1cc(C#N)ccc1S(=O)(=O)NC1CC(C)C1. The minimum atomic E-state index is -3.46. The fraction of sp³-hybridized carbons (Fsp3) is 0.462. The predicted molar refractivity (Wildman–Crippen MR) is 68.4 cm³/mol. The van der Waals surface area contributed by atoms with E-state index < -0.39 is 10.0 Å². The Labute approximate surface area is 108 Å². The van der Waals surface area contributed by atoms with Gasteiger partial charge in [0.2, 0.25) is 10.0 Å². The monoisotopic (exact) mass is 264 g/mol. The molecule has 2 rings (SSSR count). The number of rotatable bonds is 3. The zero-order valence-corrected chi connectivity index (χ0v) is 11.3. The fourth-order valence-corrected chi connectivity index (χ4v) is 3.79. The molecule has 0 heterocycles. The Balaban J connectivity index is 2.22. The first kappa shape index (κ1) is 13.1. The average molecular weight is 264 g/mol. The molecule has 0 amide bonds. The van der Waals surface area contributed by atoms with Crippen LogP contribution in [0, 0.1) is 24.2 Å². The van der Waals surface area contributed by atoms with Gasteiger partial charge in [-0.15, -0.1) is 0 Å². The lowest BCUT2D eigenvalue weighted by atomic mass is 9.83. The van der Waals surface area contributed by atoms with E-state index in [9.17, 15) is 8.42 Å². The van der Waals surface area contributed by atoms with Crippen molar-refractivity contribution in [2.45, 2.75) is 37.6 Å². The molecule has 1 N–H and O–H groups in total. The van der Waals surface area contributed by atoms with Gasteiger partial charge in [0.25, 0.3) is 0 Å². The topological polar surface area (TPSA) is 70.0 Å². The van der Waals surface area contributed by atoms with Crippen molar-refractivity contribution < 1.29 is 8.42 Å². The average Bonchev–Trinajstić information content (AvgIpc) is 2.26. The fourth-order valence-electron chi connectivity index (χ4n) is 2.30. The quantitative estimate of drug-likeness (QED) is 0.907. The summed E-state index contributed by atoms with van der Waals surface area (Å²) in [6.07, 6.45) is 1.79. The van der Waals surface area contributed by atoms with Crippen LogP contribution in [0.4, 0.5) is 0 Å². The highest BCUT2D eigenvalue weighted by molar-refractivity contribution is 7.89. The van der Waals surface area contributed by atoms with Crippen molar-refractivity contribution in [3.63, 3.8) is 0 Å². The number of hydrogen-bond acceptors (Lipinski definition) is 3. The molecular weight excluding hydrogens is 248 g/mol. The van der Waals surface area contributed by atoms with Gasteiger partial charge in [-0.25, -0.2) is 13.1 Å². The largest absolute Gasteiger partial charge is 0.241 e. The standard InChI is InChI=1S/C13H16N2O2S/c1-9-5-12(6-9)15-18(16,17)13-4-3-11(8-14)7-10(13)2/h3-4,7,9,12,15H,5-6H2,1-2H3. The van der Waals surface area contributed by atoms with E-state index >= 15 is 0 Å². The van der Waals surface area contributed by atoms with Crippen LogP contribution >= 0.6 is 0 Å². The Morgan fingerprint density at radius 2 is 2.06 bits per heavy atom.